The first-order chi connectivity index (χ1) is 20.7. The molecular weight excluding hydrogens is 558 g/mol. The van der Waals surface area contributed by atoms with Crippen LogP contribution in [0.25, 0.3) is 11.0 Å². The molecule has 0 saturated heterocycles. The van der Waals surface area contributed by atoms with E-state index in [4.69, 9.17) is 0 Å². The summed E-state index contributed by atoms with van der Waals surface area (Å²) in [6.45, 7) is 9.24. The Balaban J connectivity index is 1.37. The number of carboxylic acid groups (broad SMARTS) is 1. The van der Waals surface area contributed by atoms with Gasteiger partial charge in [0.1, 0.15) is 5.52 Å². The normalized spacial score (nSPS) is 13.0. The molecule has 0 radical (unpaired) electrons. The Morgan fingerprint density at radius 1 is 0.953 bits per heavy atom. The number of rotatable bonds is 16. The zero-order valence-electron chi connectivity index (χ0n) is 25.9. The summed E-state index contributed by atoms with van der Waals surface area (Å²) in [5.41, 5.74) is 8.21. The van der Waals surface area contributed by atoms with Crippen LogP contribution in [0.5, 0.6) is 0 Å². The molecule has 0 aliphatic rings. The van der Waals surface area contributed by atoms with Crippen LogP contribution in [0.15, 0.2) is 59.5 Å². The summed E-state index contributed by atoms with van der Waals surface area (Å²) < 4.78 is 25.1. The molecule has 1 heterocycles. The van der Waals surface area contributed by atoms with Gasteiger partial charge in [0.05, 0.1) is 16.8 Å². The van der Waals surface area contributed by atoms with Crippen LogP contribution in [-0.4, -0.2) is 34.5 Å². The van der Waals surface area contributed by atoms with Gasteiger partial charge in [-0.2, -0.15) is 0 Å². The molecular formula is C35H45N3O4S. The van der Waals surface area contributed by atoms with E-state index in [9.17, 15) is 18.3 Å². The lowest BCUT2D eigenvalue weighted by molar-refractivity contribution is -0.137. The van der Waals surface area contributed by atoms with Crippen LogP contribution in [0.4, 0.5) is 0 Å². The van der Waals surface area contributed by atoms with Gasteiger partial charge in [-0.05, 0) is 91.0 Å². The Morgan fingerprint density at radius 2 is 1.74 bits per heavy atom. The quantitative estimate of drug-likeness (QED) is 0.102. The minimum atomic E-state index is -2.56. The number of hydrogen-bond donors (Lipinski definition) is 2. The van der Waals surface area contributed by atoms with Crippen LogP contribution < -0.4 is 0 Å². The van der Waals surface area contributed by atoms with Gasteiger partial charge in [0.2, 0.25) is 0 Å². The Morgan fingerprint density at radius 3 is 2.47 bits per heavy atom. The topological polar surface area (TPSA) is 102 Å². The van der Waals surface area contributed by atoms with Crippen molar-refractivity contribution in [2.24, 2.45) is 5.92 Å². The first kappa shape index (κ1) is 32.4. The Kier molecular flexibility index (Phi) is 11.5. The molecule has 2 atom stereocenters. The number of aryl methyl sites for hydroxylation is 5. The van der Waals surface area contributed by atoms with Gasteiger partial charge in [-0.1, -0.05) is 87.2 Å². The van der Waals surface area contributed by atoms with E-state index < -0.39 is 16.7 Å². The molecule has 8 heteroatoms. The van der Waals surface area contributed by atoms with Crippen LogP contribution in [0, 0.1) is 19.8 Å². The molecule has 0 bridgehead atoms. The number of hydrogen-bond acceptors (Lipinski definition) is 5. The molecule has 4 aromatic rings. The van der Waals surface area contributed by atoms with E-state index >= 15 is 0 Å². The average molecular weight is 604 g/mol. The summed E-state index contributed by atoms with van der Waals surface area (Å²) in [6, 6.07) is 17.7. The van der Waals surface area contributed by atoms with E-state index in [1.54, 1.807) is 12.1 Å². The maximum atomic E-state index is 11.9. The smallest absolute Gasteiger partial charge is 0.304 e. The van der Waals surface area contributed by atoms with Gasteiger partial charge < -0.3 is 5.11 Å². The number of benzene rings is 3. The number of aromatic nitrogens is 3. The lowest BCUT2D eigenvalue weighted by Gasteiger charge is -2.20. The third kappa shape index (κ3) is 8.11. The largest absolute Gasteiger partial charge is 0.481 e. The number of thiol groups is 1. The van der Waals surface area contributed by atoms with Crippen LogP contribution >= 0.6 is 0 Å². The molecule has 1 N–H and O–H groups in total. The van der Waals surface area contributed by atoms with E-state index in [1.807, 2.05) is 29.8 Å². The number of aliphatic carboxylic acids is 1. The van der Waals surface area contributed by atoms with Crippen molar-refractivity contribution >= 4 is 27.7 Å². The zero-order chi connectivity index (χ0) is 30.9. The molecule has 0 saturated carbocycles. The highest BCUT2D eigenvalue weighted by Crippen LogP contribution is 2.34. The third-order valence-electron chi connectivity index (χ3n) is 8.96. The Hall–Kier alpha value is -3.52. The van der Waals surface area contributed by atoms with Gasteiger partial charge >= 0.3 is 5.97 Å². The molecule has 7 nitrogen and oxygen atoms in total. The number of fused-ring (bicyclic) bond motifs is 1. The summed E-state index contributed by atoms with van der Waals surface area (Å²) in [4.78, 5) is 12.3. The van der Waals surface area contributed by atoms with Crippen molar-refractivity contribution in [1.82, 2.24) is 15.0 Å². The number of unbranched alkanes of at least 4 members (excludes halogenated alkanes) is 2. The van der Waals surface area contributed by atoms with Crippen molar-refractivity contribution in [3.8, 4) is 0 Å². The highest BCUT2D eigenvalue weighted by atomic mass is 32.2. The lowest BCUT2D eigenvalue weighted by Crippen LogP contribution is -2.10. The van der Waals surface area contributed by atoms with Gasteiger partial charge in [-0.25, -0.2) is 13.1 Å². The van der Waals surface area contributed by atoms with Gasteiger partial charge in [0, 0.05) is 12.5 Å². The Labute approximate surface area is 257 Å². The molecule has 230 valence electrons. The lowest BCUT2D eigenvalue weighted by atomic mass is 9.84. The fourth-order valence-corrected chi connectivity index (χ4v) is 6.91. The van der Waals surface area contributed by atoms with Crippen LogP contribution in [0.1, 0.15) is 98.1 Å². The molecule has 4 rings (SSSR count). The molecule has 3 aromatic carbocycles. The molecule has 43 heavy (non-hydrogen) atoms. The molecule has 0 aliphatic carbocycles. The second-order valence-electron chi connectivity index (χ2n) is 11.7. The summed E-state index contributed by atoms with van der Waals surface area (Å²) in [5.74, 6) is -0.492. The molecule has 0 fully saturated rings. The molecule has 2 unspecified atom stereocenters. The minimum absolute atomic E-state index is 0.0244. The van der Waals surface area contributed by atoms with Gasteiger partial charge in [0.25, 0.3) is 0 Å². The third-order valence-corrected chi connectivity index (χ3v) is 9.79. The van der Waals surface area contributed by atoms with Crippen molar-refractivity contribution in [1.29, 1.82) is 0 Å². The average Bonchev–Trinajstić information content (AvgIpc) is 3.41. The molecule has 1 aromatic heterocycles. The van der Waals surface area contributed by atoms with E-state index in [0.29, 0.717) is 10.8 Å². The predicted molar refractivity (Wildman–Crippen MR) is 173 cm³/mol. The van der Waals surface area contributed by atoms with E-state index in [1.165, 1.54) is 11.1 Å². The van der Waals surface area contributed by atoms with Gasteiger partial charge in [-0.15, -0.1) is 5.10 Å². The second-order valence-corrected chi connectivity index (χ2v) is 12.7. The van der Waals surface area contributed by atoms with Gasteiger partial charge in [-0.3, -0.25) is 4.79 Å². The monoisotopic (exact) mass is 603 g/mol. The standard InChI is InChI=1S/C35H45N3O4S/c1-5-26(16-18-28-13-9-10-14-33(28)43(41)42)12-8-7-11-21-38-32-20-19-30(25(4)35(32)36-37-38)31(23-34(39)40)29-17-15-24(3)27(6-2)22-29/h9-10,13-15,17,19-20,22,26,31,43H,5-8,11-12,16,18,21,23H2,1-4H3,(H,39,40). The molecule has 0 aliphatic heterocycles. The maximum absolute atomic E-state index is 11.9. The van der Waals surface area contributed by atoms with Crippen LogP contribution in [-0.2, 0) is 34.9 Å². The molecule has 0 spiro atoms. The van der Waals surface area contributed by atoms with Gasteiger partial charge in [0.15, 0.2) is 10.7 Å². The SMILES string of the molecule is CCc1cc(C(CC(=O)O)c2ccc3c(nnn3CCCCCC(CC)CCc3ccccc3[SH](=O)=O)c2C)ccc1C. The van der Waals surface area contributed by atoms with Crippen molar-refractivity contribution in [2.75, 3.05) is 0 Å². The number of nitrogens with zero attached hydrogens (tertiary/aromatic N) is 3. The predicted octanol–water partition coefficient (Wildman–Crippen LogP) is 7.41. The zero-order valence-corrected chi connectivity index (χ0v) is 26.8. The van der Waals surface area contributed by atoms with E-state index in [2.05, 4.69) is 55.3 Å². The van der Waals surface area contributed by atoms with Crippen molar-refractivity contribution in [3.63, 3.8) is 0 Å². The van der Waals surface area contributed by atoms with E-state index in [0.717, 1.165) is 91.2 Å². The summed E-state index contributed by atoms with van der Waals surface area (Å²) in [5, 5.41) is 18.7. The second kappa shape index (κ2) is 15.3. The summed E-state index contributed by atoms with van der Waals surface area (Å²) in [7, 11) is -2.56. The van der Waals surface area contributed by atoms with Crippen molar-refractivity contribution < 1.29 is 18.3 Å². The van der Waals surface area contributed by atoms with Crippen molar-refractivity contribution in [2.45, 2.75) is 103 Å². The first-order valence-corrected chi connectivity index (χ1v) is 16.8. The number of carbonyl (C=O) groups is 1. The van der Waals surface area contributed by atoms with E-state index in [-0.39, 0.29) is 12.3 Å². The summed E-state index contributed by atoms with van der Waals surface area (Å²) in [6.07, 6.45) is 8.16. The fraction of sp³-hybridized carbons (Fsp3) is 0.457. The highest BCUT2D eigenvalue weighted by molar-refractivity contribution is 7.72. The van der Waals surface area contributed by atoms with Crippen molar-refractivity contribution in [3.05, 3.63) is 88.0 Å². The summed E-state index contributed by atoms with van der Waals surface area (Å²) >= 11 is 0. The minimum Gasteiger partial charge on any atom is -0.481 e. The Bertz CT molecular complexity index is 1620. The first-order valence-electron chi connectivity index (χ1n) is 15.6. The fourth-order valence-electron chi connectivity index (χ4n) is 6.28. The van der Waals surface area contributed by atoms with Crippen LogP contribution in [0.2, 0.25) is 0 Å². The van der Waals surface area contributed by atoms with Crippen LogP contribution in [0.3, 0.4) is 0 Å². The highest BCUT2D eigenvalue weighted by Gasteiger charge is 2.23. The maximum Gasteiger partial charge on any atom is 0.304 e. The number of carboxylic acids is 1. The molecule has 0 amide bonds.